The SMILES string of the molecule is CCOC(=O)/C=C/COc1ccc(OC)cc1/C=N/OCc1ccccc1. The minimum absolute atomic E-state index is 0.219. The Morgan fingerprint density at radius 2 is 1.96 bits per heavy atom. The number of rotatable bonds is 10. The molecule has 27 heavy (non-hydrogen) atoms. The van der Waals surface area contributed by atoms with Crippen molar-refractivity contribution >= 4 is 12.2 Å². The summed E-state index contributed by atoms with van der Waals surface area (Å²) in [6, 6.07) is 15.1. The Morgan fingerprint density at radius 1 is 1.15 bits per heavy atom. The molecule has 0 heterocycles. The van der Waals surface area contributed by atoms with Crippen molar-refractivity contribution in [2.45, 2.75) is 13.5 Å². The molecule has 0 saturated carbocycles. The van der Waals surface area contributed by atoms with Gasteiger partial charge < -0.3 is 19.0 Å². The largest absolute Gasteiger partial charge is 0.497 e. The maximum absolute atomic E-state index is 11.3. The second-order valence-corrected chi connectivity index (χ2v) is 5.36. The van der Waals surface area contributed by atoms with Crippen molar-refractivity contribution in [3.8, 4) is 11.5 Å². The molecule has 0 spiro atoms. The van der Waals surface area contributed by atoms with Crippen LogP contribution < -0.4 is 9.47 Å². The summed E-state index contributed by atoms with van der Waals surface area (Å²) in [7, 11) is 1.59. The Balaban J connectivity index is 1.96. The fourth-order valence-electron chi connectivity index (χ4n) is 2.14. The molecule has 6 nitrogen and oxygen atoms in total. The molecule has 0 atom stereocenters. The Morgan fingerprint density at radius 3 is 2.70 bits per heavy atom. The molecule has 0 saturated heterocycles. The number of benzene rings is 2. The van der Waals surface area contributed by atoms with Gasteiger partial charge in [-0.15, -0.1) is 0 Å². The highest BCUT2D eigenvalue weighted by molar-refractivity contribution is 5.84. The van der Waals surface area contributed by atoms with Crippen LogP contribution in [-0.2, 0) is 21.0 Å². The van der Waals surface area contributed by atoms with Gasteiger partial charge in [-0.05, 0) is 36.8 Å². The third-order valence-electron chi connectivity index (χ3n) is 3.43. The Hall–Kier alpha value is -3.28. The van der Waals surface area contributed by atoms with E-state index in [4.69, 9.17) is 19.0 Å². The number of hydrogen-bond acceptors (Lipinski definition) is 6. The van der Waals surface area contributed by atoms with Gasteiger partial charge in [-0.2, -0.15) is 0 Å². The van der Waals surface area contributed by atoms with E-state index in [1.807, 2.05) is 30.3 Å². The zero-order chi connectivity index (χ0) is 19.3. The first kappa shape index (κ1) is 20.0. The van der Waals surface area contributed by atoms with Gasteiger partial charge in [0, 0.05) is 11.6 Å². The lowest BCUT2D eigenvalue weighted by Crippen LogP contribution is -2.02. The van der Waals surface area contributed by atoms with Crippen LogP contribution in [0.15, 0.2) is 65.8 Å². The molecule has 142 valence electrons. The first-order chi connectivity index (χ1) is 13.2. The van der Waals surface area contributed by atoms with Crippen LogP contribution in [-0.4, -0.2) is 32.5 Å². The summed E-state index contributed by atoms with van der Waals surface area (Å²) in [5.41, 5.74) is 1.73. The van der Waals surface area contributed by atoms with E-state index in [0.29, 0.717) is 30.3 Å². The van der Waals surface area contributed by atoms with Crippen LogP contribution in [0.3, 0.4) is 0 Å². The topological polar surface area (TPSA) is 66.4 Å². The molecule has 0 aromatic heterocycles. The summed E-state index contributed by atoms with van der Waals surface area (Å²) < 4.78 is 15.7. The van der Waals surface area contributed by atoms with Crippen LogP contribution in [0.2, 0.25) is 0 Å². The van der Waals surface area contributed by atoms with Gasteiger partial charge in [-0.3, -0.25) is 0 Å². The minimum atomic E-state index is -0.396. The lowest BCUT2D eigenvalue weighted by atomic mass is 10.2. The number of carbonyl (C=O) groups excluding carboxylic acids is 1. The Bertz CT molecular complexity index is 771. The van der Waals surface area contributed by atoms with E-state index in [0.717, 1.165) is 5.56 Å². The molecule has 0 bridgehead atoms. The molecule has 0 radical (unpaired) electrons. The lowest BCUT2D eigenvalue weighted by molar-refractivity contribution is -0.137. The van der Waals surface area contributed by atoms with E-state index in [-0.39, 0.29) is 6.61 Å². The van der Waals surface area contributed by atoms with Crippen molar-refractivity contribution in [2.24, 2.45) is 5.16 Å². The van der Waals surface area contributed by atoms with E-state index in [2.05, 4.69) is 5.16 Å². The lowest BCUT2D eigenvalue weighted by Gasteiger charge is -2.09. The third kappa shape index (κ3) is 7.23. The first-order valence-electron chi connectivity index (χ1n) is 8.56. The summed E-state index contributed by atoms with van der Waals surface area (Å²) in [6.07, 6.45) is 4.49. The van der Waals surface area contributed by atoms with E-state index < -0.39 is 5.97 Å². The van der Waals surface area contributed by atoms with Gasteiger partial charge in [0.1, 0.15) is 24.7 Å². The molecule has 0 aliphatic carbocycles. The van der Waals surface area contributed by atoms with Crippen LogP contribution in [0.5, 0.6) is 11.5 Å². The van der Waals surface area contributed by atoms with Crippen LogP contribution in [0.4, 0.5) is 0 Å². The average molecular weight is 369 g/mol. The van der Waals surface area contributed by atoms with E-state index in [9.17, 15) is 4.79 Å². The second-order valence-electron chi connectivity index (χ2n) is 5.36. The quantitative estimate of drug-likeness (QED) is 0.276. The highest BCUT2D eigenvalue weighted by Gasteiger charge is 2.04. The van der Waals surface area contributed by atoms with Gasteiger partial charge >= 0.3 is 5.97 Å². The van der Waals surface area contributed by atoms with Crippen LogP contribution in [0.25, 0.3) is 0 Å². The maximum Gasteiger partial charge on any atom is 0.330 e. The van der Waals surface area contributed by atoms with Crippen molar-refractivity contribution in [1.29, 1.82) is 0 Å². The summed E-state index contributed by atoms with van der Waals surface area (Å²) >= 11 is 0. The standard InChI is InChI=1S/C21H23NO5/c1-3-25-21(23)10-7-13-26-20-12-11-19(24-2)14-18(20)15-22-27-16-17-8-5-4-6-9-17/h4-12,14-15H,3,13,16H2,1-2H3/b10-7+,22-15+. The molecule has 0 aliphatic heterocycles. The highest BCUT2D eigenvalue weighted by Crippen LogP contribution is 2.23. The molecule has 0 unspecified atom stereocenters. The van der Waals surface area contributed by atoms with E-state index in [1.165, 1.54) is 6.08 Å². The number of hydrogen-bond donors (Lipinski definition) is 0. The predicted octanol–water partition coefficient (Wildman–Crippen LogP) is 3.74. The van der Waals surface area contributed by atoms with Gasteiger partial charge in [0.2, 0.25) is 0 Å². The van der Waals surface area contributed by atoms with Crippen molar-refractivity contribution in [3.63, 3.8) is 0 Å². The number of methoxy groups -OCH3 is 1. The zero-order valence-electron chi connectivity index (χ0n) is 15.5. The Kier molecular flexibility index (Phi) is 8.43. The highest BCUT2D eigenvalue weighted by atomic mass is 16.6. The summed E-state index contributed by atoms with van der Waals surface area (Å²) in [4.78, 5) is 16.6. The smallest absolute Gasteiger partial charge is 0.330 e. The molecule has 2 rings (SSSR count). The average Bonchev–Trinajstić information content (AvgIpc) is 2.70. The number of esters is 1. The molecular weight excluding hydrogens is 346 g/mol. The molecule has 2 aromatic carbocycles. The fourth-order valence-corrected chi connectivity index (χ4v) is 2.14. The predicted molar refractivity (Wildman–Crippen MR) is 103 cm³/mol. The molecule has 0 N–H and O–H groups in total. The molecule has 6 heteroatoms. The number of oxime groups is 1. The van der Waals surface area contributed by atoms with Crippen molar-refractivity contribution in [1.82, 2.24) is 0 Å². The fraction of sp³-hybridized carbons (Fsp3) is 0.238. The van der Waals surface area contributed by atoms with Crippen molar-refractivity contribution in [2.75, 3.05) is 20.3 Å². The van der Waals surface area contributed by atoms with Gasteiger partial charge in [0.25, 0.3) is 0 Å². The third-order valence-corrected chi connectivity index (χ3v) is 3.43. The van der Waals surface area contributed by atoms with Gasteiger partial charge in [-0.1, -0.05) is 35.5 Å². The monoisotopic (exact) mass is 369 g/mol. The van der Waals surface area contributed by atoms with Crippen LogP contribution in [0.1, 0.15) is 18.1 Å². The summed E-state index contributed by atoms with van der Waals surface area (Å²) in [5.74, 6) is 0.872. The van der Waals surface area contributed by atoms with Crippen LogP contribution >= 0.6 is 0 Å². The van der Waals surface area contributed by atoms with Crippen molar-refractivity contribution in [3.05, 3.63) is 71.8 Å². The van der Waals surface area contributed by atoms with Gasteiger partial charge in [-0.25, -0.2) is 4.79 Å². The zero-order valence-corrected chi connectivity index (χ0v) is 15.5. The number of ether oxygens (including phenoxy) is 3. The number of carbonyl (C=O) groups is 1. The summed E-state index contributed by atoms with van der Waals surface area (Å²) in [5, 5.41) is 4.00. The first-order valence-corrected chi connectivity index (χ1v) is 8.56. The van der Waals surface area contributed by atoms with Crippen LogP contribution in [0, 0.1) is 0 Å². The second kappa shape index (κ2) is 11.4. The molecule has 0 aliphatic rings. The normalized spacial score (nSPS) is 10.9. The Labute approximate surface area is 159 Å². The summed E-state index contributed by atoms with van der Waals surface area (Å²) in [6.45, 7) is 2.69. The van der Waals surface area contributed by atoms with Gasteiger partial charge in [0.05, 0.1) is 19.9 Å². The van der Waals surface area contributed by atoms with Gasteiger partial charge in [0.15, 0.2) is 0 Å². The van der Waals surface area contributed by atoms with E-state index in [1.54, 1.807) is 44.5 Å². The maximum atomic E-state index is 11.3. The van der Waals surface area contributed by atoms with Crippen molar-refractivity contribution < 1.29 is 23.8 Å². The minimum Gasteiger partial charge on any atom is -0.497 e. The number of nitrogens with zero attached hydrogens (tertiary/aromatic N) is 1. The molecular formula is C21H23NO5. The molecule has 0 fully saturated rings. The molecule has 2 aromatic rings. The van der Waals surface area contributed by atoms with E-state index >= 15 is 0 Å². The molecule has 0 amide bonds.